The van der Waals surface area contributed by atoms with Crippen LogP contribution in [0.3, 0.4) is 0 Å². The Hall–Kier alpha value is -1.00. The van der Waals surface area contributed by atoms with Crippen molar-refractivity contribution in [2.75, 3.05) is 12.3 Å². The van der Waals surface area contributed by atoms with E-state index in [0.29, 0.717) is 19.4 Å². The SMILES string of the molecule is CCCC(C)(O)CNC(=O)CCSc1ccccc1. The molecule has 0 aliphatic rings. The van der Waals surface area contributed by atoms with Gasteiger partial charge in [0.2, 0.25) is 5.91 Å². The molecule has 3 nitrogen and oxygen atoms in total. The normalized spacial score (nSPS) is 13.8. The first-order chi connectivity index (χ1) is 9.03. The molecule has 1 amide bonds. The number of nitrogens with one attached hydrogen (secondary N) is 1. The first-order valence-corrected chi connectivity index (χ1v) is 7.69. The van der Waals surface area contributed by atoms with Crippen molar-refractivity contribution in [2.24, 2.45) is 0 Å². The molecule has 1 aromatic rings. The van der Waals surface area contributed by atoms with E-state index >= 15 is 0 Å². The Morgan fingerprint density at radius 1 is 1.37 bits per heavy atom. The molecule has 106 valence electrons. The van der Waals surface area contributed by atoms with E-state index < -0.39 is 5.60 Å². The second-order valence-corrected chi connectivity index (χ2v) is 6.10. The monoisotopic (exact) mass is 281 g/mol. The molecule has 2 N–H and O–H groups in total. The predicted molar refractivity (Wildman–Crippen MR) is 80.3 cm³/mol. The zero-order valence-corrected chi connectivity index (χ0v) is 12.5. The highest BCUT2D eigenvalue weighted by atomic mass is 32.2. The van der Waals surface area contributed by atoms with E-state index in [-0.39, 0.29) is 5.91 Å². The fourth-order valence-electron chi connectivity index (χ4n) is 1.78. The molecular formula is C15H23NO2S. The van der Waals surface area contributed by atoms with Gasteiger partial charge in [-0.05, 0) is 25.5 Å². The molecule has 1 unspecified atom stereocenters. The number of hydrogen-bond donors (Lipinski definition) is 2. The predicted octanol–water partition coefficient (Wildman–Crippen LogP) is 2.84. The van der Waals surface area contributed by atoms with Crippen LogP contribution in [0.25, 0.3) is 0 Å². The van der Waals surface area contributed by atoms with Crippen molar-refractivity contribution in [3.05, 3.63) is 30.3 Å². The van der Waals surface area contributed by atoms with Crippen molar-refractivity contribution in [2.45, 2.75) is 43.6 Å². The topological polar surface area (TPSA) is 49.3 Å². The molecular weight excluding hydrogens is 258 g/mol. The summed E-state index contributed by atoms with van der Waals surface area (Å²) in [6.45, 7) is 4.11. The van der Waals surface area contributed by atoms with E-state index in [1.807, 2.05) is 37.3 Å². The van der Waals surface area contributed by atoms with Crippen LogP contribution in [0.4, 0.5) is 0 Å². The molecule has 0 aromatic heterocycles. The lowest BCUT2D eigenvalue weighted by atomic mass is 10.0. The van der Waals surface area contributed by atoms with Crippen molar-refractivity contribution < 1.29 is 9.90 Å². The van der Waals surface area contributed by atoms with Gasteiger partial charge in [0, 0.05) is 23.6 Å². The van der Waals surface area contributed by atoms with Crippen LogP contribution in [0, 0.1) is 0 Å². The minimum Gasteiger partial charge on any atom is -0.388 e. The molecule has 4 heteroatoms. The van der Waals surface area contributed by atoms with Crippen molar-refractivity contribution in [3.8, 4) is 0 Å². The summed E-state index contributed by atoms with van der Waals surface area (Å²) >= 11 is 1.67. The van der Waals surface area contributed by atoms with Crippen molar-refractivity contribution in [1.29, 1.82) is 0 Å². The van der Waals surface area contributed by atoms with Gasteiger partial charge < -0.3 is 10.4 Å². The number of amides is 1. The van der Waals surface area contributed by atoms with Gasteiger partial charge in [-0.15, -0.1) is 11.8 Å². The Balaban J connectivity index is 2.18. The zero-order chi connectivity index (χ0) is 14.1. The Morgan fingerprint density at radius 2 is 2.05 bits per heavy atom. The van der Waals surface area contributed by atoms with Crippen LogP contribution >= 0.6 is 11.8 Å². The van der Waals surface area contributed by atoms with E-state index in [9.17, 15) is 9.90 Å². The maximum Gasteiger partial charge on any atom is 0.220 e. The molecule has 0 spiro atoms. The molecule has 0 aliphatic heterocycles. The highest BCUT2D eigenvalue weighted by molar-refractivity contribution is 7.99. The van der Waals surface area contributed by atoms with Gasteiger partial charge in [-0.1, -0.05) is 31.5 Å². The van der Waals surface area contributed by atoms with Crippen LogP contribution < -0.4 is 5.32 Å². The Bertz CT molecular complexity index is 379. The number of carbonyl (C=O) groups is 1. The Labute approximate surface area is 119 Å². The number of carbonyl (C=O) groups excluding carboxylic acids is 1. The maximum absolute atomic E-state index is 11.6. The molecule has 0 heterocycles. The van der Waals surface area contributed by atoms with Gasteiger partial charge in [0.15, 0.2) is 0 Å². The first kappa shape index (κ1) is 16.1. The summed E-state index contributed by atoms with van der Waals surface area (Å²) < 4.78 is 0. The lowest BCUT2D eigenvalue weighted by Crippen LogP contribution is -2.40. The largest absolute Gasteiger partial charge is 0.388 e. The van der Waals surface area contributed by atoms with Gasteiger partial charge in [0.25, 0.3) is 0 Å². The Morgan fingerprint density at radius 3 is 2.68 bits per heavy atom. The van der Waals surface area contributed by atoms with Crippen LogP contribution in [-0.4, -0.2) is 28.9 Å². The van der Waals surface area contributed by atoms with Gasteiger partial charge >= 0.3 is 0 Å². The fourth-order valence-corrected chi connectivity index (χ4v) is 2.66. The van der Waals surface area contributed by atoms with Gasteiger partial charge in [-0.25, -0.2) is 0 Å². The Kier molecular flexibility index (Phi) is 6.95. The molecule has 1 rings (SSSR count). The number of hydrogen-bond acceptors (Lipinski definition) is 3. The lowest BCUT2D eigenvalue weighted by molar-refractivity contribution is -0.121. The summed E-state index contributed by atoms with van der Waals surface area (Å²) in [5, 5.41) is 12.7. The van der Waals surface area contributed by atoms with Gasteiger partial charge in [-0.3, -0.25) is 4.79 Å². The smallest absolute Gasteiger partial charge is 0.220 e. The quantitative estimate of drug-likeness (QED) is 0.720. The van der Waals surface area contributed by atoms with Crippen molar-refractivity contribution in [3.63, 3.8) is 0 Å². The zero-order valence-electron chi connectivity index (χ0n) is 11.7. The maximum atomic E-state index is 11.6. The van der Waals surface area contributed by atoms with E-state index in [0.717, 1.165) is 12.2 Å². The third kappa shape index (κ3) is 7.23. The molecule has 19 heavy (non-hydrogen) atoms. The summed E-state index contributed by atoms with van der Waals surface area (Å²) in [6.07, 6.45) is 2.08. The number of thioether (sulfide) groups is 1. The van der Waals surface area contributed by atoms with Gasteiger partial charge in [0.05, 0.1) is 5.60 Å². The second-order valence-electron chi connectivity index (χ2n) is 4.94. The highest BCUT2D eigenvalue weighted by Gasteiger charge is 2.19. The summed E-state index contributed by atoms with van der Waals surface area (Å²) in [7, 11) is 0. The van der Waals surface area contributed by atoms with E-state index in [1.165, 1.54) is 4.90 Å². The number of aliphatic hydroxyl groups is 1. The van der Waals surface area contributed by atoms with Crippen molar-refractivity contribution in [1.82, 2.24) is 5.32 Å². The van der Waals surface area contributed by atoms with Crippen LogP contribution in [-0.2, 0) is 4.79 Å². The third-order valence-electron chi connectivity index (χ3n) is 2.80. The molecule has 0 bridgehead atoms. The molecule has 0 fully saturated rings. The van der Waals surface area contributed by atoms with Crippen molar-refractivity contribution >= 4 is 17.7 Å². The average Bonchev–Trinajstić information content (AvgIpc) is 2.38. The standard InChI is InChI=1S/C15H23NO2S/c1-3-10-15(2,18)12-16-14(17)9-11-19-13-7-5-4-6-8-13/h4-8,18H,3,9-12H2,1-2H3,(H,16,17). The second kappa shape index (κ2) is 8.23. The average molecular weight is 281 g/mol. The highest BCUT2D eigenvalue weighted by Crippen LogP contribution is 2.17. The number of benzene rings is 1. The van der Waals surface area contributed by atoms with E-state index in [2.05, 4.69) is 5.32 Å². The minimum atomic E-state index is -0.795. The van der Waals surface area contributed by atoms with Gasteiger partial charge in [0.1, 0.15) is 0 Å². The molecule has 0 saturated carbocycles. The third-order valence-corrected chi connectivity index (χ3v) is 3.81. The molecule has 0 radical (unpaired) electrons. The minimum absolute atomic E-state index is 0.000177. The van der Waals surface area contributed by atoms with E-state index in [4.69, 9.17) is 0 Å². The number of rotatable bonds is 8. The summed E-state index contributed by atoms with van der Waals surface area (Å²) in [5.74, 6) is 0.756. The van der Waals surface area contributed by atoms with E-state index in [1.54, 1.807) is 18.7 Å². The fraction of sp³-hybridized carbons (Fsp3) is 0.533. The van der Waals surface area contributed by atoms with Crippen LogP contribution in [0.5, 0.6) is 0 Å². The summed E-state index contributed by atoms with van der Waals surface area (Å²) in [5.41, 5.74) is -0.795. The van der Waals surface area contributed by atoms with Crippen LogP contribution in [0.15, 0.2) is 35.2 Å². The molecule has 0 aliphatic carbocycles. The lowest BCUT2D eigenvalue weighted by Gasteiger charge is -2.22. The first-order valence-electron chi connectivity index (χ1n) is 6.70. The summed E-state index contributed by atoms with van der Waals surface area (Å²) in [6, 6.07) is 10.0. The van der Waals surface area contributed by atoms with Gasteiger partial charge in [-0.2, -0.15) is 0 Å². The molecule has 1 aromatic carbocycles. The molecule has 1 atom stereocenters. The van der Waals surface area contributed by atoms with Crippen LogP contribution in [0.1, 0.15) is 33.1 Å². The molecule has 0 saturated heterocycles. The van der Waals surface area contributed by atoms with Crippen LogP contribution in [0.2, 0.25) is 0 Å². The summed E-state index contributed by atoms with van der Waals surface area (Å²) in [4.78, 5) is 12.8.